The molecule has 1 rings (SSSR count). The van der Waals surface area contributed by atoms with Crippen LogP contribution in [0.5, 0.6) is 0 Å². The number of hydrogen-bond donors (Lipinski definition) is 1. The van der Waals surface area contributed by atoms with Gasteiger partial charge in [-0.05, 0) is 49.1 Å². The molecule has 0 aliphatic rings. The first-order valence-corrected chi connectivity index (χ1v) is 4.81. The molecule has 0 saturated carbocycles. The van der Waals surface area contributed by atoms with Gasteiger partial charge < -0.3 is 5.11 Å². The molecule has 0 aromatic heterocycles. The van der Waals surface area contributed by atoms with E-state index < -0.39 is 0 Å². The number of aryl methyl sites for hydroxylation is 2. The van der Waals surface area contributed by atoms with Crippen LogP contribution in [0.25, 0.3) is 0 Å². The molecule has 0 aliphatic heterocycles. The minimum atomic E-state index is 0.226. The molecule has 0 radical (unpaired) electrons. The maximum Gasteiger partial charge on any atom is 0.0471 e. The van der Waals surface area contributed by atoms with Gasteiger partial charge in [-0.2, -0.15) is 0 Å². The lowest BCUT2D eigenvalue weighted by Crippen LogP contribution is -1.97. The van der Waals surface area contributed by atoms with Crippen LogP contribution in [0.2, 0.25) is 0 Å². The van der Waals surface area contributed by atoms with Crippen LogP contribution in [-0.2, 0) is 6.42 Å². The molecule has 2 heteroatoms. The van der Waals surface area contributed by atoms with E-state index in [9.17, 15) is 0 Å². The quantitative estimate of drug-likeness (QED) is 0.826. The van der Waals surface area contributed by atoms with Gasteiger partial charge in [-0.3, -0.25) is 0 Å². The van der Waals surface area contributed by atoms with E-state index in [4.69, 9.17) is 5.11 Å². The molecule has 0 amide bonds. The molecule has 0 bridgehead atoms. The van der Waals surface area contributed by atoms with Crippen molar-refractivity contribution in [1.82, 2.24) is 0 Å². The summed E-state index contributed by atoms with van der Waals surface area (Å²) in [6.45, 7) is 4.37. The molecule has 0 fully saturated rings. The Kier molecular flexibility index (Phi) is 3.29. The Balaban J connectivity index is 3.10. The molecule has 1 N–H and O–H groups in total. The zero-order chi connectivity index (χ0) is 9.14. The van der Waals surface area contributed by atoms with E-state index in [1.165, 1.54) is 16.7 Å². The predicted octanol–water partition coefficient (Wildman–Crippen LogP) is 2.60. The predicted molar refractivity (Wildman–Crippen MR) is 54.4 cm³/mol. The van der Waals surface area contributed by atoms with Crippen LogP contribution in [0, 0.1) is 13.8 Å². The van der Waals surface area contributed by atoms with Gasteiger partial charge in [0.15, 0.2) is 0 Å². The number of aliphatic hydroxyl groups is 1. The Hall–Kier alpha value is -0.340. The minimum Gasteiger partial charge on any atom is -0.396 e. The van der Waals surface area contributed by atoms with E-state index in [-0.39, 0.29) is 6.61 Å². The van der Waals surface area contributed by atoms with Crippen molar-refractivity contribution in [3.63, 3.8) is 0 Å². The van der Waals surface area contributed by atoms with Crippen LogP contribution in [0.1, 0.15) is 16.7 Å². The Bertz CT molecular complexity index is 258. The summed E-state index contributed by atoms with van der Waals surface area (Å²) in [5.41, 5.74) is 3.76. The van der Waals surface area contributed by atoms with Crippen molar-refractivity contribution in [3.8, 4) is 0 Å². The first kappa shape index (κ1) is 9.75. The average molecular weight is 229 g/mol. The maximum absolute atomic E-state index is 8.83. The highest BCUT2D eigenvalue weighted by Crippen LogP contribution is 2.20. The lowest BCUT2D eigenvalue weighted by Gasteiger charge is -2.08. The summed E-state index contributed by atoms with van der Waals surface area (Å²) in [6.07, 6.45) is 0.755. The zero-order valence-corrected chi connectivity index (χ0v) is 8.98. The van der Waals surface area contributed by atoms with E-state index in [0.717, 1.165) is 10.9 Å². The highest BCUT2D eigenvalue weighted by molar-refractivity contribution is 9.10. The molecular formula is C10H13BrO. The van der Waals surface area contributed by atoms with Crippen molar-refractivity contribution in [1.29, 1.82) is 0 Å². The lowest BCUT2D eigenvalue weighted by atomic mass is 10.0. The highest BCUT2D eigenvalue weighted by atomic mass is 79.9. The van der Waals surface area contributed by atoms with Gasteiger partial charge in [0, 0.05) is 11.1 Å². The number of hydrogen-bond acceptors (Lipinski definition) is 1. The Morgan fingerprint density at radius 2 is 1.75 bits per heavy atom. The van der Waals surface area contributed by atoms with E-state index in [0.29, 0.717) is 0 Å². The second-order valence-electron chi connectivity index (χ2n) is 2.99. The maximum atomic E-state index is 8.83. The number of aliphatic hydroxyl groups excluding tert-OH is 1. The van der Waals surface area contributed by atoms with Gasteiger partial charge in [0.1, 0.15) is 0 Å². The summed E-state index contributed by atoms with van der Waals surface area (Å²) in [6, 6.07) is 4.16. The Morgan fingerprint density at radius 1 is 1.25 bits per heavy atom. The number of benzene rings is 1. The number of halogens is 1. The first-order chi connectivity index (χ1) is 5.65. The topological polar surface area (TPSA) is 20.2 Å². The van der Waals surface area contributed by atoms with Gasteiger partial charge in [-0.1, -0.05) is 15.9 Å². The molecule has 0 heterocycles. The van der Waals surface area contributed by atoms with Gasteiger partial charge in [0.25, 0.3) is 0 Å². The van der Waals surface area contributed by atoms with Crippen LogP contribution >= 0.6 is 15.9 Å². The smallest absolute Gasteiger partial charge is 0.0471 e. The third-order valence-electron chi connectivity index (χ3n) is 2.02. The Labute approximate surface area is 81.6 Å². The van der Waals surface area contributed by atoms with Gasteiger partial charge in [-0.15, -0.1) is 0 Å². The molecule has 0 spiro atoms. The lowest BCUT2D eigenvalue weighted by molar-refractivity contribution is 0.299. The third-order valence-corrected chi connectivity index (χ3v) is 2.48. The van der Waals surface area contributed by atoms with Crippen LogP contribution < -0.4 is 0 Å². The Morgan fingerprint density at radius 3 is 2.17 bits per heavy atom. The molecule has 1 aromatic carbocycles. The van der Waals surface area contributed by atoms with Crippen molar-refractivity contribution >= 4 is 15.9 Å². The van der Waals surface area contributed by atoms with E-state index in [2.05, 4.69) is 41.9 Å². The fourth-order valence-electron chi connectivity index (χ4n) is 1.45. The van der Waals surface area contributed by atoms with Crippen molar-refractivity contribution in [2.45, 2.75) is 20.3 Å². The van der Waals surface area contributed by atoms with Gasteiger partial charge in [-0.25, -0.2) is 0 Å². The van der Waals surface area contributed by atoms with Crippen LogP contribution in [0.3, 0.4) is 0 Å². The summed E-state index contributed by atoms with van der Waals surface area (Å²) in [4.78, 5) is 0. The van der Waals surface area contributed by atoms with Crippen LogP contribution in [0.4, 0.5) is 0 Å². The van der Waals surface area contributed by atoms with Gasteiger partial charge in [0.2, 0.25) is 0 Å². The third kappa shape index (κ3) is 2.08. The zero-order valence-electron chi connectivity index (χ0n) is 7.39. The molecule has 66 valence electrons. The molecule has 1 nitrogen and oxygen atoms in total. The first-order valence-electron chi connectivity index (χ1n) is 4.01. The van der Waals surface area contributed by atoms with E-state index in [1.807, 2.05) is 0 Å². The van der Waals surface area contributed by atoms with Crippen molar-refractivity contribution in [2.24, 2.45) is 0 Å². The van der Waals surface area contributed by atoms with Crippen LogP contribution in [-0.4, -0.2) is 11.7 Å². The molecule has 0 atom stereocenters. The summed E-state index contributed by atoms with van der Waals surface area (Å²) < 4.78 is 1.11. The molecule has 12 heavy (non-hydrogen) atoms. The minimum absolute atomic E-state index is 0.226. The molecule has 0 unspecified atom stereocenters. The van der Waals surface area contributed by atoms with E-state index >= 15 is 0 Å². The second kappa shape index (κ2) is 4.06. The molecule has 0 saturated heterocycles. The molecule has 1 aromatic rings. The standard InChI is InChI=1S/C10H13BrO/c1-7-5-9(11)6-8(2)10(7)3-4-12/h5-6,12H,3-4H2,1-2H3. The SMILES string of the molecule is Cc1cc(Br)cc(C)c1CCO. The van der Waals surface area contributed by atoms with Gasteiger partial charge in [0.05, 0.1) is 0 Å². The summed E-state index contributed by atoms with van der Waals surface area (Å²) in [7, 11) is 0. The summed E-state index contributed by atoms with van der Waals surface area (Å²) >= 11 is 3.44. The number of rotatable bonds is 2. The normalized spacial score (nSPS) is 10.3. The van der Waals surface area contributed by atoms with Crippen molar-refractivity contribution in [3.05, 3.63) is 33.3 Å². The second-order valence-corrected chi connectivity index (χ2v) is 3.91. The average Bonchev–Trinajstić information content (AvgIpc) is 1.96. The highest BCUT2D eigenvalue weighted by Gasteiger charge is 2.02. The largest absolute Gasteiger partial charge is 0.396 e. The molecular weight excluding hydrogens is 216 g/mol. The van der Waals surface area contributed by atoms with E-state index in [1.54, 1.807) is 0 Å². The summed E-state index contributed by atoms with van der Waals surface area (Å²) in [5.74, 6) is 0. The van der Waals surface area contributed by atoms with Crippen molar-refractivity contribution < 1.29 is 5.11 Å². The van der Waals surface area contributed by atoms with Crippen LogP contribution in [0.15, 0.2) is 16.6 Å². The fraction of sp³-hybridized carbons (Fsp3) is 0.400. The monoisotopic (exact) mass is 228 g/mol. The fourth-order valence-corrected chi connectivity index (χ4v) is 2.13. The van der Waals surface area contributed by atoms with Crippen molar-refractivity contribution in [2.75, 3.05) is 6.61 Å². The van der Waals surface area contributed by atoms with Gasteiger partial charge >= 0.3 is 0 Å². The summed E-state index contributed by atoms with van der Waals surface area (Å²) in [5, 5.41) is 8.83. The molecule has 0 aliphatic carbocycles.